The molecule has 3 aliphatic rings. The number of nitrogens with zero attached hydrogens (tertiary/aromatic N) is 1. The van der Waals surface area contributed by atoms with Gasteiger partial charge in [0, 0.05) is 25.4 Å². The first-order chi connectivity index (χ1) is 13.6. The van der Waals surface area contributed by atoms with Gasteiger partial charge in [0.1, 0.15) is 0 Å². The number of ether oxygens (including phenoxy) is 2. The predicted octanol–water partition coefficient (Wildman–Crippen LogP) is 6.80. The Bertz CT molecular complexity index is 495. The molecule has 0 aromatic heterocycles. The van der Waals surface area contributed by atoms with Crippen LogP contribution in [0.4, 0.5) is 0 Å². The lowest BCUT2D eigenvalue weighted by Crippen LogP contribution is -2.41. The molecule has 3 nitrogen and oxygen atoms in total. The summed E-state index contributed by atoms with van der Waals surface area (Å²) in [5.41, 5.74) is 0.799. The lowest BCUT2D eigenvalue weighted by Gasteiger charge is -2.45. The molecular weight excluding hydrogens is 358 g/mol. The van der Waals surface area contributed by atoms with Crippen molar-refractivity contribution < 1.29 is 9.47 Å². The van der Waals surface area contributed by atoms with Crippen LogP contribution in [-0.2, 0) is 9.47 Å². The van der Waals surface area contributed by atoms with Crippen LogP contribution in [0.2, 0.25) is 0 Å². The van der Waals surface area contributed by atoms with E-state index < -0.39 is 0 Å². The van der Waals surface area contributed by atoms with Gasteiger partial charge >= 0.3 is 0 Å². The first kappa shape index (κ1) is 23.5. The van der Waals surface area contributed by atoms with Crippen LogP contribution in [0.15, 0.2) is 0 Å². The summed E-state index contributed by atoms with van der Waals surface area (Å²) in [5, 5.41) is 0. The first-order valence-corrected chi connectivity index (χ1v) is 12.7. The van der Waals surface area contributed by atoms with Crippen molar-refractivity contribution in [1.29, 1.82) is 0 Å². The summed E-state index contributed by atoms with van der Waals surface area (Å²) in [6.07, 6.45) is 14.3. The van der Waals surface area contributed by atoms with Crippen LogP contribution in [0.1, 0.15) is 112 Å². The Morgan fingerprint density at radius 2 is 1.59 bits per heavy atom. The molecule has 2 saturated carbocycles. The fourth-order valence-electron chi connectivity index (χ4n) is 6.71. The first-order valence-electron chi connectivity index (χ1n) is 12.7. The predicted molar refractivity (Wildman–Crippen MR) is 122 cm³/mol. The minimum absolute atomic E-state index is 0.262. The van der Waals surface area contributed by atoms with Crippen LogP contribution in [0.3, 0.4) is 0 Å². The van der Waals surface area contributed by atoms with E-state index in [1.165, 1.54) is 64.5 Å². The van der Waals surface area contributed by atoms with Gasteiger partial charge in [0.25, 0.3) is 0 Å². The highest BCUT2D eigenvalue weighted by Crippen LogP contribution is 2.49. The van der Waals surface area contributed by atoms with Gasteiger partial charge in [0.15, 0.2) is 5.79 Å². The Labute approximate surface area is 181 Å². The van der Waals surface area contributed by atoms with Gasteiger partial charge < -0.3 is 14.4 Å². The summed E-state index contributed by atoms with van der Waals surface area (Å²) in [6.45, 7) is 17.6. The van der Waals surface area contributed by atoms with E-state index in [9.17, 15) is 0 Å². The Morgan fingerprint density at radius 1 is 0.931 bits per heavy atom. The summed E-state index contributed by atoms with van der Waals surface area (Å²) in [7, 11) is 0. The standard InChI is InChI=1S/C26H49NO2/c1-7-17-27(22-10-8-9-11-22)18-14-23-19-28-26(29-23)15-12-21(13-16-26)25(5,6)20-24(2,3)4/h21-23H,7-20H2,1-6H3. The molecule has 29 heavy (non-hydrogen) atoms. The molecule has 1 saturated heterocycles. The molecule has 0 N–H and O–H groups in total. The molecule has 1 unspecified atom stereocenters. The van der Waals surface area contributed by atoms with Gasteiger partial charge in [-0.1, -0.05) is 54.4 Å². The van der Waals surface area contributed by atoms with Crippen molar-refractivity contribution in [2.45, 2.75) is 130 Å². The highest BCUT2D eigenvalue weighted by Gasteiger charge is 2.47. The van der Waals surface area contributed by atoms with E-state index in [2.05, 4.69) is 46.4 Å². The molecule has 0 amide bonds. The summed E-state index contributed by atoms with van der Waals surface area (Å²) < 4.78 is 12.9. The topological polar surface area (TPSA) is 21.7 Å². The minimum atomic E-state index is -0.262. The largest absolute Gasteiger partial charge is 0.347 e. The van der Waals surface area contributed by atoms with Crippen molar-refractivity contribution in [2.24, 2.45) is 16.7 Å². The molecule has 0 aromatic rings. The SMILES string of the molecule is CCCN(CCC1COC2(CCC(C(C)(C)CC(C)(C)C)CC2)O1)C1CCCC1. The third-order valence-electron chi connectivity index (χ3n) is 7.84. The molecule has 3 heteroatoms. The molecule has 1 spiro atoms. The Balaban J connectivity index is 1.46. The van der Waals surface area contributed by atoms with Crippen LogP contribution >= 0.6 is 0 Å². The highest BCUT2D eigenvalue weighted by molar-refractivity contribution is 4.92. The summed E-state index contributed by atoms with van der Waals surface area (Å²) in [4.78, 5) is 2.74. The van der Waals surface area contributed by atoms with Crippen molar-refractivity contribution in [3.63, 3.8) is 0 Å². The Morgan fingerprint density at radius 3 is 2.17 bits per heavy atom. The Hall–Kier alpha value is -0.120. The molecule has 1 heterocycles. The smallest absolute Gasteiger partial charge is 0.168 e. The van der Waals surface area contributed by atoms with Crippen molar-refractivity contribution in [3.8, 4) is 0 Å². The maximum absolute atomic E-state index is 6.59. The van der Waals surface area contributed by atoms with Crippen molar-refractivity contribution in [3.05, 3.63) is 0 Å². The highest BCUT2D eigenvalue weighted by atomic mass is 16.7. The van der Waals surface area contributed by atoms with E-state index in [4.69, 9.17) is 9.47 Å². The molecule has 0 aromatic carbocycles. The molecule has 0 bridgehead atoms. The molecule has 1 aliphatic heterocycles. The van der Waals surface area contributed by atoms with Gasteiger partial charge in [0.05, 0.1) is 12.7 Å². The molecule has 3 rings (SSSR count). The van der Waals surface area contributed by atoms with Gasteiger partial charge in [-0.2, -0.15) is 0 Å². The molecule has 2 aliphatic carbocycles. The zero-order valence-electron chi connectivity index (χ0n) is 20.4. The van der Waals surface area contributed by atoms with E-state index in [1.54, 1.807) is 0 Å². The van der Waals surface area contributed by atoms with Crippen LogP contribution < -0.4 is 0 Å². The van der Waals surface area contributed by atoms with E-state index >= 15 is 0 Å². The summed E-state index contributed by atoms with van der Waals surface area (Å²) >= 11 is 0. The summed E-state index contributed by atoms with van der Waals surface area (Å²) in [6, 6.07) is 0.826. The Kier molecular flexibility index (Phi) is 7.77. The third kappa shape index (κ3) is 6.43. The van der Waals surface area contributed by atoms with E-state index in [1.807, 2.05) is 0 Å². The maximum atomic E-state index is 6.59. The fourth-order valence-corrected chi connectivity index (χ4v) is 6.71. The number of hydrogen-bond acceptors (Lipinski definition) is 3. The normalized spacial score (nSPS) is 32.0. The molecule has 3 fully saturated rings. The zero-order valence-corrected chi connectivity index (χ0v) is 20.4. The van der Waals surface area contributed by atoms with E-state index in [0.29, 0.717) is 16.9 Å². The monoisotopic (exact) mass is 407 g/mol. The second-order valence-electron chi connectivity index (χ2n) is 12.2. The van der Waals surface area contributed by atoms with E-state index in [-0.39, 0.29) is 5.79 Å². The second-order valence-corrected chi connectivity index (χ2v) is 12.2. The van der Waals surface area contributed by atoms with Gasteiger partial charge in [-0.25, -0.2) is 0 Å². The lowest BCUT2D eigenvalue weighted by atomic mass is 9.64. The van der Waals surface area contributed by atoms with Crippen molar-refractivity contribution >= 4 is 0 Å². The van der Waals surface area contributed by atoms with Gasteiger partial charge in [-0.15, -0.1) is 0 Å². The molecule has 170 valence electrons. The van der Waals surface area contributed by atoms with Gasteiger partial charge in [-0.05, 0) is 68.2 Å². The van der Waals surface area contributed by atoms with Crippen molar-refractivity contribution in [1.82, 2.24) is 4.90 Å². The van der Waals surface area contributed by atoms with Crippen molar-refractivity contribution in [2.75, 3.05) is 19.7 Å². The second kappa shape index (κ2) is 9.57. The number of hydrogen-bond donors (Lipinski definition) is 0. The van der Waals surface area contributed by atoms with Gasteiger partial charge in [-0.3, -0.25) is 0 Å². The fraction of sp³-hybridized carbons (Fsp3) is 1.00. The average molecular weight is 408 g/mol. The van der Waals surface area contributed by atoms with Crippen LogP contribution in [0.5, 0.6) is 0 Å². The number of rotatable bonds is 8. The van der Waals surface area contributed by atoms with Crippen LogP contribution in [0, 0.1) is 16.7 Å². The maximum Gasteiger partial charge on any atom is 0.168 e. The molecule has 0 radical (unpaired) electrons. The van der Waals surface area contributed by atoms with Crippen LogP contribution in [0.25, 0.3) is 0 Å². The molecular formula is C26H49NO2. The lowest BCUT2D eigenvalue weighted by molar-refractivity contribution is -0.198. The minimum Gasteiger partial charge on any atom is -0.347 e. The quantitative estimate of drug-likeness (QED) is 0.442. The third-order valence-corrected chi connectivity index (χ3v) is 7.84. The van der Waals surface area contributed by atoms with Crippen LogP contribution in [-0.4, -0.2) is 42.5 Å². The zero-order chi connectivity index (χ0) is 21.1. The molecule has 1 atom stereocenters. The average Bonchev–Trinajstić information content (AvgIpc) is 3.28. The van der Waals surface area contributed by atoms with E-state index in [0.717, 1.165) is 37.8 Å². The summed E-state index contributed by atoms with van der Waals surface area (Å²) in [5.74, 6) is 0.531. The van der Waals surface area contributed by atoms with Gasteiger partial charge in [0.2, 0.25) is 0 Å².